The largest absolute Gasteiger partial charge is 0.273 e. The maximum atomic E-state index is 11.1. The van der Waals surface area contributed by atoms with Crippen LogP contribution in [0, 0.1) is 0 Å². The van der Waals surface area contributed by atoms with Crippen molar-refractivity contribution >= 4 is 5.91 Å². The summed E-state index contributed by atoms with van der Waals surface area (Å²) in [6.07, 6.45) is 1.98. The normalized spacial score (nSPS) is 8.75. The van der Waals surface area contributed by atoms with Crippen LogP contribution in [0.1, 0.15) is 26.2 Å². The van der Waals surface area contributed by atoms with Crippen molar-refractivity contribution in [1.29, 1.82) is 0 Å². The number of unbranched alkanes of at least 4 members (excludes halogenated alkanes) is 1. The van der Waals surface area contributed by atoms with Crippen LogP contribution in [0.25, 0.3) is 0 Å². The Morgan fingerprint density at radius 2 is 2.38 bits per heavy atom. The lowest BCUT2D eigenvalue weighted by Gasteiger charge is -1.90. The van der Waals surface area contributed by atoms with Gasteiger partial charge in [0.2, 0.25) is 5.91 Å². The Morgan fingerprint density at radius 3 is 2.75 bits per heavy atom. The zero-order valence-electron chi connectivity index (χ0n) is 4.91. The summed E-state index contributed by atoms with van der Waals surface area (Å²) in [4.78, 5) is 10.1. The molecule has 0 aromatic carbocycles. The van der Waals surface area contributed by atoms with Gasteiger partial charge >= 0.3 is 0 Å². The van der Waals surface area contributed by atoms with Crippen LogP contribution in [0.2, 0.25) is 0 Å². The molecule has 0 rings (SSSR count). The van der Waals surface area contributed by atoms with Crippen LogP contribution in [0.4, 0.5) is 4.48 Å². The van der Waals surface area contributed by atoms with Crippen LogP contribution in [0.15, 0.2) is 0 Å². The zero-order chi connectivity index (χ0) is 6.41. The molecule has 0 unspecified atom stereocenters. The van der Waals surface area contributed by atoms with E-state index in [0.717, 1.165) is 18.4 Å². The fourth-order valence-electron chi connectivity index (χ4n) is 0.385. The molecule has 0 aliphatic carbocycles. The highest BCUT2D eigenvalue weighted by molar-refractivity contribution is 5.74. The van der Waals surface area contributed by atoms with E-state index < -0.39 is 5.91 Å². The second-order valence-electron chi connectivity index (χ2n) is 1.62. The fraction of sp³-hybridized carbons (Fsp3) is 0.800. The molecule has 0 bridgehead atoms. The van der Waals surface area contributed by atoms with Gasteiger partial charge in [-0.15, -0.1) is 4.48 Å². The quantitative estimate of drug-likeness (QED) is 0.555. The summed E-state index contributed by atoms with van der Waals surface area (Å²) in [5, 5.41) is 0. The summed E-state index contributed by atoms with van der Waals surface area (Å²) in [5.74, 6) is -0.521. The summed E-state index contributed by atoms with van der Waals surface area (Å²) < 4.78 is 11.1. The van der Waals surface area contributed by atoms with Crippen molar-refractivity contribution in [3.8, 4) is 0 Å². The molecule has 48 valence electrons. The first kappa shape index (κ1) is 7.40. The van der Waals surface area contributed by atoms with Crippen LogP contribution in [-0.2, 0) is 4.79 Å². The summed E-state index contributed by atoms with van der Waals surface area (Å²) in [6.45, 7) is 1.95. The molecule has 1 amide bonds. The Labute approximate surface area is 48.0 Å². The van der Waals surface area contributed by atoms with Crippen molar-refractivity contribution in [2.45, 2.75) is 26.2 Å². The summed E-state index contributed by atoms with van der Waals surface area (Å²) in [6, 6.07) is 0. The minimum absolute atomic E-state index is 0.299. The smallest absolute Gasteiger partial charge is 0.247 e. The molecule has 0 aromatic rings. The highest BCUT2D eigenvalue weighted by atomic mass is 19.2. The monoisotopic (exact) mass is 119 g/mol. The number of carbonyl (C=O) groups is 1. The number of hydrogen-bond acceptors (Lipinski definition) is 1. The molecule has 0 atom stereocenters. The van der Waals surface area contributed by atoms with E-state index in [9.17, 15) is 9.28 Å². The number of hydrogen-bond donors (Lipinski definition) is 1. The third-order valence-corrected chi connectivity index (χ3v) is 0.863. The van der Waals surface area contributed by atoms with E-state index in [2.05, 4.69) is 0 Å². The number of halogens is 1. The van der Waals surface area contributed by atoms with E-state index in [1.807, 2.05) is 6.92 Å². The van der Waals surface area contributed by atoms with E-state index in [1.54, 1.807) is 0 Å². The van der Waals surface area contributed by atoms with E-state index in [0.29, 0.717) is 6.42 Å². The number of nitrogens with one attached hydrogen (secondary N) is 1. The molecule has 0 saturated heterocycles. The predicted octanol–water partition coefficient (Wildman–Crippen LogP) is 1.18. The number of carbonyl (C=O) groups excluding carboxylic acids is 1. The number of amides is 1. The van der Waals surface area contributed by atoms with Gasteiger partial charge in [-0.2, -0.15) is 5.54 Å². The van der Waals surface area contributed by atoms with Crippen molar-refractivity contribution in [2.75, 3.05) is 0 Å². The Balaban J connectivity index is 2.99. The van der Waals surface area contributed by atoms with Gasteiger partial charge in [-0.3, -0.25) is 4.79 Å². The van der Waals surface area contributed by atoms with E-state index in [1.165, 1.54) is 0 Å². The lowest BCUT2D eigenvalue weighted by molar-refractivity contribution is -0.125. The maximum Gasteiger partial charge on any atom is 0.247 e. The van der Waals surface area contributed by atoms with Crippen molar-refractivity contribution in [2.24, 2.45) is 0 Å². The molecule has 0 radical (unpaired) electrons. The van der Waals surface area contributed by atoms with Gasteiger partial charge in [-0.25, -0.2) is 0 Å². The van der Waals surface area contributed by atoms with Crippen LogP contribution in [0.3, 0.4) is 0 Å². The average molecular weight is 119 g/mol. The van der Waals surface area contributed by atoms with Crippen LogP contribution >= 0.6 is 0 Å². The molecule has 3 heteroatoms. The zero-order valence-corrected chi connectivity index (χ0v) is 4.91. The molecule has 0 saturated carbocycles. The molecule has 0 fully saturated rings. The molecule has 2 nitrogen and oxygen atoms in total. The third kappa shape index (κ3) is 3.59. The van der Waals surface area contributed by atoms with Crippen molar-refractivity contribution in [1.82, 2.24) is 5.54 Å². The van der Waals surface area contributed by atoms with Gasteiger partial charge in [0.05, 0.1) is 0 Å². The third-order valence-electron chi connectivity index (χ3n) is 0.863. The molecule has 0 aliphatic heterocycles. The van der Waals surface area contributed by atoms with Gasteiger partial charge in [-0.05, 0) is 6.42 Å². The highest BCUT2D eigenvalue weighted by Crippen LogP contribution is 1.91. The van der Waals surface area contributed by atoms with Crippen molar-refractivity contribution < 1.29 is 9.28 Å². The summed E-state index contributed by atoms with van der Waals surface area (Å²) in [7, 11) is 0. The average Bonchev–Trinajstić information content (AvgIpc) is 1.83. The second-order valence-corrected chi connectivity index (χ2v) is 1.62. The molecule has 0 aliphatic rings. The van der Waals surface area contributed by atoms with Crippen molar-refractivity contribution in [3.63, 3.8) is 0 Å². The molecule has 0 spiro atoms. The van der Waals surface area contributed by atoms with Gasteiger partial charge in [0.1, 0.15) is 0 Å². The Kier molecular flexibility index (Phi) is 4.21. The SMILES string of the molecule is CCCCC(=O)NF. The van der Waals surface area contributed by atoms with Gasteiger partial charge in [0, 0.05) is 6.42 Å². The van der Waals surface area contributed by atoms with Gasteiger partial charge < -0.3 is 0 Å². The van der Waals surface area contributed by atoms with E-state index in [4.69, 9.17) is 0 Å². The molecule has 0 heterocycles. The van der Waals surface area contributed by atoms with Crippen LogP contribution in [-0.4, -0.2) is 5.91 Å². The van der Waals surface area contributed by atoms with Gasteiger partial charge in [0.25, 0.3) is 0 Å². The maximum absolute atomic E-state index is 11.1. The molecule has 1 N–H and O–H groups in total. The first-order valence-electron chi connectivity index (χ1n) is 2.70. The number of rotatable bonds is 3. The van der Waals surface area contributed by atoms with Gasteiger partial charge in [-0.1, -0.05) is 13.3 Å². The standard InChI is InChI=1S/C5H10FNO/c1-2-3-4-5(8)7-6/h2-4H2,1H3,(H,7,8). The second kappa shape index (κ2) is 4.56. The molecular weight excluding hydrogens is 109 g/mol. The minimum atomic E-state index is -0.521. The summed E-state index contributed by atoms with van der Waals surface area (Å²) >= 11 is 0. The Bertz CT molecular complexity index is 74.8. The van der Waals surface area contributed by atoms with Crippen LogP contribution in [0.5, 0.6) is 0 Å². The molecule has 0 aromatic heterocycles. The van der Waals surface area contributed by atoms with Gasteiger partial charge in [0.15, 0.2) is 0 Å². The topological polar surface area (TPSA) is 29.1 Å². The fourth-order valence-corrected chi connectivity index (χ4v) is 0.385. The Morgan fingerprint density at radius 1 is 1.75 bits per heavy atom. The lowest BCUT2D eigenvalue weighted by Crippen LogP contribution is -2.12. The molecule has 8 heavy (non-hydrogen) atoms. The Hall–Kier alpha value is -0.600. The minimum Gasteiger partial charge on any atom is -0.273 e. The summed E-state index contributed by atoms with van der Waals surface area (Å²) in [5.41, 5.74) is 1.06. The predicted molar refractivity (Wildman–Crippen MR) is 28.8 cm³/mol. The first-order chi connectivity index (χ1) is 3.81. The van der Waals surface area contributed by atoms with E-state index >= 15 is 0 Å². The highest BCUT2D eigenvalue weighted by Gasteiger charge is 1.95. The lowest BCUT2D eigenvalue weighted by atomic mass is 10.2. The van der Waals surface area contributed by atoms with Crippen LogP contribution < -0.4 is 5.54 Å². The molecular formula is C5H10FNO. The first-order valence-corrected chi connectivity index (χ1v) is 2.70. The van der Waals surface area contributed by atoms with Crippen molar-refractivity contribution in [3.05, 3.63) is 0 Å². The van der Waals surface area contributed by atoms with E-state index in [-0.39, 0.29) is 0 Å².